The van der Waals surface area contributed by atoms with Crippen LogP contribution >= 0.6 is 11.3 Å². The fourth-order valence-electron chi connectivity index (χ4n) is 1.46. The first-order valence-corrected chi connectivity index (χ1v) is 6.58. The predicted octanol–water partition coefficient (Wildman–Crippen LogP) is 2.55. The summed E-state index contributed by atoms with van der Waals surface area (Å²) in [5.74, 6) is -1.04. The molecule has 5 nitrogen and oxygen atoms in total. The van der Waals surface area contributed by atoms with Gasteiger partial charge in [0, 0.05) is 0 Å². The summed E-state index contributed by atoms with van der Waals surface area (Å²) in [4.78, 5) is 24.0. The van der Waals surface area contributed by atoms with Gasteiger partial charge in [-0.25, -0.2) is 9.59 Å². The molecule has 0 saturated heterocycles. The summed E-state index contributed by atoms with van der Waals surface area (Å²) in [5, 5.41) is 0.258. The molecule has 0 aliphatic carbocycles. The first-order valence-electron chi connectivity index (χ1n) is 5.76. The van der Waals surface area contributed by atoms with Crippen LogP contribution in [-0.2, 0) is 9.47 Å². The third-order valence-corrected chi connectivity index (χ3v) is 3.34. The maximum atomic E-state index is 11.9. The molecule has 0 spiro atoms. The van der Waals surface area contributed by atoms with Crippen molar-refractivity contribution in [1.29, 1.82) is 0 Å². The summed E-state index contributed by atoms with van der Waals surface area (Å²) in [5.41, 5.74) is 6.50. The van der Waals surface area contributed by atoms with Gasteiger partial charge in [-0.1, -0.05) is 12.7 Å². The Morgan fingerprint density at radius 1 is 1.42 bits per heavy atom. The first kappa shape index (κ1) is 15.2. The highest BCUT2D eigenvalue weighted by molar-refractivity contribution is 7.18. The fraction of sp³-hybridized carbons (Fsp3) is 0.385. The summed E-state index contributed by atoms with van der Waals surface area (Å²) in [7, 11) is 0. The van der Waals surface area contributed by atoms with E-state index in [0.717, 1.165) is 11.3 Å². The lowest BCUT2D eigenvalue weighted by Crippen LogP contribution is -2.13. The highest BCUT2D eigenvalue weighted by atomic mass is 32.1. The third kappa shape index (κ3) is 3.57. The Bertz CT molecular complexity index is 505. The molecule has 1 aromatic heterocycles. The highest BCUT2D eigenvalue weighted by Gasteiger charge is 2.25. The lowest BCUT2D eigenvalue weighted by Gasteiger charge is -2.08. The number of hydrogen-bond acceptors (Lipinski definition) is 6. The molecule has 0 radical (unpaired) electrons. The number of nitrogen functional groups attached to an aromatic ring is 1. The van der Waals surface area contributed by atoms with Crippen LogP contribution in [-0.4, -0.2) is 24.6 Å². The standard InChI is InChI=1S/C13H17NO4S/c1-5-6-17-13(16)10-8(4)9(11(14)19-10)12(15)18-7(2)3/h5,7H,1,6,14H2,2-4H3. The maximum absolute atomic E-state index is 11.9. The van der Waals surface area contributed by atoms with Gasteiger partial charge in [0.05, 0.1) is 11.7 Å². The second-order valence-corrected chi connectivity index (χ2v) is 5.19. The number of carbonyl (C=O) groups excluding carboxylic acids is 2. The van der Waals surface area contributed by atoms with Gasteiger partial charge >= 0.3 is 11.9 Å². The quantitative estimate of drug-likeness (QED) is 0.663. The van der Waals surface area contributed by atoms with Crippen LogP contribution in [0.4, 0.5) is 5.00 Å². The molecule has 0 saturated carbocycles. The second-order valence-electron chi connectivity index (χ2n) is 4.14. The van der Waals surface area contributed by atoms with E-state index in [4.69, 9.17) is 15.2 Å². The number of nitrogens with two attached hydrogens (primary N) is 1. The van der Waals surface area contributed by atoms with Crippen LogP contribution in [0.25, 0.3) is 0 Å². The Hall–Kier alpha value is -1.82. The lowest BCUT2D eigenvalue weighted by molar-refractivity contribution is 0.0379. The van der Waals surface area contributed by atoms with Crippen molar-refractivity contribution in [3.63, 3.8) is 0 Å². The second kappa shape index (κ2) is 6.38. The van der Waals surface area contributed by atoms with Gasteiger partial charge in [-0.15, -0.1) is 11.3 Å². The largest absolute Gasteiger partial charge is 0.459 e. The molecule has 0 aliphatic heterocycles. The molecule has 0 fully saturated rings. The number of rotatable bonds is 5. The molecular weight excluding hydrogens is 266 g/mol. The van der Waals surface area contributed by atoms with Gasteiger partial charge < -0.3 is 15.2 Å². The van der Waals surface area contributed by atoms with E-state index in [9.17, 15) is 9.59 Å². The van der Waals surface area contributed by atoms with Gasteiger partial charge in [-0.2, -0.15) is 0 Å². The van der Waals surface area contributed by atoms with Gasteiger partial charge in [-0.3, -0.25) is 0 Å². The van der Waals surface area contributed by atoms with E-state index in [1.165, 1.54) is 6.08 Å². The third-order valence-electron chi connectivity index (χ3n) is 2.24. The summed E-state index contributed by atoms with van der Waals surface area (Å²) in [6.45, 7) is 8.71. The van der Waals surface area contributed by atoms with Crippen LogP contribution in [0, 0.1) is 6.92 Å². The van der Waals surface area contributed by atoms with Gasteiger partial charge in [0.15, 0.2) is 0 Å². The van der Waals surface area contributed by atoms with Gasteiger partial charge in [0.1, 0.15) is 16.5 Å². The lowest BCUT2D eigenvalue weighted by atomic mass is 10.1. The van der Waals surface area contributed by atoms with Crippen LogP contribution < -0.4 is 5.73 Å². The topological polar surface area (TPSA) is 78.6 Å². The van der Waals surface area contributed by atoms with E-state index >= 15 is 0 Å². The molecule has 104 valence electrons. The van der Waals surface area contributed by atoms with Crippen molar-refractivity contribution >= 4 is 28.3 Å². The van der Waals surface area contributed by atoms with E-state index in [-0.39, 0.29) is 23.3 Å². The maximum Gasteiger partial charge on any atom is 0.348 e. The molecule has 0 unspecified atom stereocenters. The number of anilines is 1. The average molecular weight is 283 g/mol. The number of esters is 2. The number of thiophene rings is 1. The average Bonchev–Trinajstić information content (AvgIpc) is 2.61. The predicted molar refractivity (Wildman–Crippen MR) is 74.5 cm³/mol. The Balaban J connectivity index is 3.03. The molecule has 19 heavy (non-hydrogen) atoms. The van der Waals surface area contributed by atoms with Crippen molar-refractivity contribution in [2.24, 2.45) is 0 Å². The van der Waals surface area contributed by atoms with Crippen LogP contribution in [0.5, 0.6) is 0 Å². The Morgan fingerprint density at radius 2 is 2.05 bits per heavy atom. The zero-order valence-corrected chi connectivity index (χ0v) is 12.0. The molecular formula is C13H17NO4S. The van der Waals surface area contributed by atoms with Gasteiger partial charge in [0.25, 0.3) is 0 Å². The minimum absolute atomic E-state index is 0.113. The first-order chi connectivity index (χ1) is 8.88. The van der Waals surface area contributed by atoms with Gasteiger partial charge in [0.2, 0.25) is 0 Å². The minimum Gasteiger partial charge on any atom is -0.459 e. The molecule has 6 heteroatoms. The summed E-state index contributed by atoms with van der Waals surface area (Å²) in [6, 6.07) is 0. The van der Waals surface area contributed by atoms with Crippen LogP contribution in [0.3, 0.4) is 0 Å². The zero-order chi connectivity index (χ0) is 14.6. The van der Waals surface area contributed by atoms with Crippen molar-refractivity contribution in [3.05, 3.63) is 28.7 Å². The Labute approximate surface area is 116 Å². The molecule has 0 bridgehead atoms. The van der Waals surface area contributed by atoms with E-state index in [1.807, 2.05) is 0 Å². The molecule has 1 rings (SSSR count). The van der Waals surface area contributed by atoms with Crippen LogP contribution in [0.15, 0.2) is 12.7 Å². The number of carbonyl (C=O) groups is 2. The Morgan fingerprint density at radius 3 is 2.58 bits per heavy atom. The summed E-state index contributed by atoms with van der Waals surface area (Å²) in [6.07, 6.45) is 1.22. The molecule has 0 amide bonds. The van der Waals surface area contributed by atoms with Crippen LogP contribution in [0.1, 0.15) is 39.4 Å². The van der Waals surface area contributed by atoms with Crippen LogP contribution in [0.2, 0.25) is 0 Å². The van der Waals surface area contributed by atoms with E-state index in [1.54, 1.807) is 20.8 Å². The number of ether oxygens (including phenoxy) is 2. The normalized spacial score (nSPS) is 10.3. The van der Waals surface area contributed by atoms with Crippen molar-refractivity contribution in [2.45, 2.75) is 26.9 Å². The molecule has 1 aromatic rings. The number of hydrogen-bond donors (Lipinski definition) is 1. The highest BCUT2D eigenvalue weighted by Crippen LogP contribution is 2.31. The van der Waals surface area contributed by atoms with E-state index in [2.05, 4.69) is 6.58 Å². The van der Waals surface area contributed by atoms with E-state index in [0.29, 0.717) is 10.4 Å². The molecule has 2 N–H and O–H groups in total. The van der Waals surface area contributed by atoms with Crippen molar-refractivity contribution in [2.75, 3.05) is 12.3 Å². The smallest absolute Gasteiger partial charge is 0.348 e. The zero-order valence-electron chi connectivity index (χ0n) is 11.2. The molecule has 1 heterocycles. The van der Waals surface area contributed by atoms with E-state index < -0.39 is 11.9 Å². The van der Waals surface area contributed by atoms with Crippen molar-refractivity contribution < 1.29 is 19.1 Å². The summed E-state index contributed by atoms with van der Waals surface area (Å²) < 4.78 is 10.0. The SMILES string of the molecule is C=CCOC(=O)c1sc(N)c(C(=O)OC(C)C)c1C. The monoisotopic (exact) mass is 283 g/mol. The molecule has 0 aromatic carbocycles. The Kier molecular flexibility index (Phi) is 5.11. The molecule has 0 aliphatic rings. The van der Waals surface area contributed by atoms with Crippen molar-refractivity contribution in [3.8, 4) is 0 Å². The van der Waals surface area contributed by atoms with Gasteiger partial charge in [-0.05, 0) is 26.3 Å². The fourth-order valence-corrected chi connectivity index (χ4v) is 2.41. The summed E-state index contributed by atoms with van der Waals surface area (Å²) >= 11 is 1.02. The molecule has 0 atom stereocenters. The minimum atomic E-state index is -0.524. The van der Waals surface area contributed by atoms with Crippen molar-refractivity contribution in [1.82, 2.24) is 0 Å².